The highest BCUT2D eigenvalue weighted by Gasteiger charge is 2.42. The van der Waals surface area contributed by atoms with Crippen molar-refractivity contribution < 1.29 is 30.3 Å². The molecule has 1 fully saturated rings. The van der Waals surface area contributed by atoms with Crippen molar-refractivity contribution in [3.05, 3.63) is 0 Å². The lowest BCUT2D eigenvalue weighted by atomic mass is 10.3. The zero-order valence-corrected chi connectivity index (χ0v) is 6.24. The van der Waals surface area contributed by atoms with Crippen LogP contribution in [0.5, 0.6) is 0 Å². The lowest BCUT2D eigenvalue weighted by Gasteiger charge is -2.37. The Kier molecular flexibility index (Phi) is 2.99. The van der Waals surface area contributed by atoms with Crippen molar-refractivity contribution in [2.24, 2.45) is 0 Å². The standard InChI is InChI=1S/C6H12O6/c7-1-2-3(8)4(9)5(10)6(11)12-2/h2-11H,1H2/t2-,3-,4+,5-,6?/m1/s1/i2+1,5+1. The van der Waals surface area contributed by atoms with E-state index in [1.807, 2.05) is 0 Å². The third-order valence-corrected chi connectivity index (χ3v) is 1.87. The Morgan fingerprint density at radius 3 is 2.00 bits per heavy atom. The fraction of sp³-hybridized carbons (Fsp3) is 1.00. The van der Waals surface area contributed by atoms with Gasteiger partial charge in [-0.1, -0.05) is 0 Å². The molecule has 1 aliphatic heterocycles. The van der Waals surface area contributed by atoms with Crippen molar-refractivity contribution in [2.75, 3.05) is 6.61 Å². The number of hydrogen-bond donors (Lipinski definition) is 5. The zero-order chi connectivity index (χ0) is 9.30. The van der Waals surface area contributed by atoms with Crippen LogP contribution >= 0.6 is 0 Å². The first-order valence-electron chi connectivity index (χ1n) is 3.56. The summed E-state index contributed by atoms with van der Waals surface area (Å²) >= 11 is 0. The van der Waals surface area contributed by atoms with Crippen LogP contribution in [0.3, 0.4) is 0 Å². The zero-order valence-electron chi connectivity index (χ0n) is 6.24. The minimum absolute atomic E-state index is 0.526. The summed E-state index contributed by atoms with van der Waals surface area (Å²) in [6.45, 7) is -0.526. The average Bonchev–Trinajstić information content (AvgIpc) is 2.08. The molecule has 1 heterocycles. The molecule has 12 heavy (non-hydrogen) atoms. The molecular formula is C6H12O6. The van der Waals surface area contributed by atoms with Crippen molar-refractivity contribution >= 4 is 0 Å². The van der Waals surface area contributed by atoms with E-state index in [1.54, 1.807) is 0 Å². The van der Waals surface area contributed by atoms with Gasteiger partial charge in [-0.3, -0.25) is 0 Å². The second-order valence-corrected chi connectivity index (χ2v) is 2.72. The summed E-state index contributed by atoms with van der Waals surface area (Å²) in [7, 11) is 0. The van der Waals surface area contributed by atoms with Crippen LogP contribution in [-0.2, 0) is 4.74 Å². The molecule has 1 unspecified atom stereocenters. The van der Waals surface area contributed by atoms with E-state index in [1.165, 1.54) is 0 Å². The van der Waals surface area contributed by atoms with E-state index in [2.05, 4.69) is 4.74 Å². The monoisotopic (exact) mass is 182 g/mol. The van der Waals surface area contributed by atoms with Gasteiger partial charge in [0, 0.05) is 0 Å². The molecule has 0 saturated carbocycles. The number of rotatable bonds is 1. The number of aliphatic hydroxyl groups is 5. The summed E-state index contributed by atoms with van der Waals surface area (Å²) < 4.78 is 4.58. The van der Waals surface area contributed by atoms with Gasteiger partial charge < -0.3 is 30.3 Å². The highest BCUT2D eigenvalue weighted by molar-refractivity contribution is 4.87. The van der Waals surface area contributed by atoms with Gasteiger partial charge in [0.2, 0.25) is 0 Å². The van der Waals surface area contributed by atoms with E-state index in [0.29, 0.717) is 0 Å². The van der Waals surface area contributed by atoms with Gasteiger partial charge in [-0.15, -0.1) is 0 Å². The molecule has 72 valence electrons. The van der Waals surface area contributed by atoms with Gasteiger partial charge in [0.15, 0.2) is 6.29 Å². The molecule has 5 atom stereocenters. The molecule has 0 aliphatic carbocycles. The number of aliphatic hydroxyl groups excluding tert-OH is 5. The molecule has 0 radical (unpaired) electrons. The Morgan fingerprint density at radius 2 is 1.50 bits per heavy atom. The van der Waals surface area contributed by atoms with Crippen LogP contribution in [0.15, 0.2) is 0 Å². The maximum absolute atomic E-state index is 9.12. The quantitative estimate of drug-likeness (QED) is 0.273. The van der Waals surface area contributed by atoms with E-state index in [4.69, 9.17) is 25.5 Å². The molecule has 0 amide bonds. The fourth-order valence-corrected chi connectivity index (χ4v) is 1.08. The van der Waals surface area contributed by atoms with Crippen LogP contribution in [-0.4, -0.2) is 62.8 Å². The predicted molar refractivity (Wildman–Crippen MR) is 36.0 cm³/mol. The van der Waals surface area contributed by atoms with E-state index >= 15 is 0 Å². The molecule has 6 nitrogen and oxygen atoms in total. The normalized spacial score (nSPS) is 49.2. The SMILES string of the molecule is OC[13C@H]1OC(O)[13C@H](O)[C@@H](O)[C@@H]1O. The average molecular weight is 182 g/mol. The van der Waals surface area contributed by atoms with Gasteiger partial charge in [0.05, 0.1) is 6.61 Å². The Morgan fingerprint density at radius 1 is 0.917 bits per heavy atom. The topological polar surface area (TPSA) is 110 Å². The predicted octanol–water partition coefficient (Wildman–Crippen LogP) is -3.22. The molecule has 1 rings (SSSR count). The highest BCUT2D eigenvalue weighted by atomic mass is 16.7. The maximum atomic E-state index is 9.12. The lowest BCUT2D eigenvalue weighted by molar-refractivity contribution is -0.286. The third kappa shape index (κ3) is 1.58. The molecule has 0 aromatic rings. The first kappa shape index (κ1) is 9.85. The van der Waals surface area contributed by atoms with Gasteiger partial charge in [0.25, 0.3) is 0 Å². The Bertz CT molecular complexity index is 146. The largest absolute Gasteiger partial charge is 0.394 e. The van der Waals surface area contributed by atoms with Crippen LogP contribution in [0, 0.1) is 0 Å². The third-order valence-electron chi connectivity index (χ3n) is 1.87. The second kappa shape index (κ2) is 3.65. The summed E-state index contributed by atoms with van der Waals surface area (Å²) in [5, 5.41) is 44.7. The van der Waals surface area contributed by atoms with Crippen molar-refractivity contribution in [2.45, 2.75) is 30.7 Å². The smallest absolute Gasteiger partial charge is 0.184 e. The molecule has 1 saturated heterocycles. The van der Waals surface area contributed by atoms with E-state index in [9.17, 15) is 0 Å². The lowest BCUT2D eigenvalue weighted by Crippen LogP contribution is -2.58. The molecular weight excluding hydrogens is 170 g/mol. The van der Waals surface area contributed by atoms with Gasteiger partial charge in [-0.25, -0.2) is 0 Å². The van der Waals surface area contributed by atoms with Crippen LogP contribution in [0.25, 0.3) is 0 Å². The van der Waals surface area contributed by atoms with Crippen molar-refractivity contribution in [3.8, 4) is 0 Å². The van der Waals surface area contributed by atoms with E-state index in [-0.39, 0.29) is 0 Å². The maximum Gasteiger partial charge on any atom is 0.184 e. The Hall–Kier alpha value is -0.240. The molecule has 6 heteroatoms. The Balaban J connectivity index is 2.63. The number of ether oxygens (including phenoxy) is 1. The summed E-state index contributed by atoms with van der Waals surface area (Å²) in [6, 6.07) is 0. The summed E-state index contributed by atoms with van der Waals surface area (Å²) in [5.74, 6) is 0. The van der Waals surface area contributed by atoms with E-state index in [0.717, 1.165) is 0 Å². The summed E-state index contributed by atoms with van der Waals surface area (Å²) in [5.41, 5.74) is 0. The van der Waals surface area contributed by atoms with Gasteiger partial charge in [0.1, 0.15) is 24.4 Å². The molecule has 0 spiro atoms. The summed E-state index contributed by atoms with van der Waals surface area (Å²) in [6.07, 6.45) is -7.04. The molecule has 5 N–H and O–H groups in total. The highest BCUT2D eigenvalue weighted by Crippen LogP contribution is 2.18. The fourth-order valence-electron chi connectivity index (χ4n) is 1.08. The van der Waals surface area contributed by atoms with Gasteiger partial charge >= 0.3 is 0 Å². The van der Waals surface area contributed by atoms with Gasteiger partial charge in [-0.05, 0) is 0 Å². The number of hydrogen-bond acceptors (Lipinski definition) is 6. The minimum Gasteiger partial charge on any atom is -0.394 e. The van der Waals surface area contributed by atoms with Crippen LogP contribution in [0.4, 0.5) is 0 Å². The van der Waals surface area contributed by atoms with Crippen molar-refractivity contribution in [3.63, 3.8) is 0 Å². The van der Waals surface area contributed by atoms with E-state index < -0.39 is 37.3 Å². The van der Waals surface area contributed by atoms with Crippen LogP contribution < -0.4 is 0 Å². The molecule has 1 aliphatic rings. The van der Waals surface area contributed by atoms with Crippen LogP contribution in [0.1, 0.15) is 0 Å². The van der Waals surface area contributed by atoms with Crippen molar-refractivity contribution in [1.82, 2.24) is 0 Å². The van der Waals surface area contributed by atoms with Crippen molar-refractivity contribution in [1.29, 1.82) is 0 Å². The molecule has 0 aromatic heterocycles. The molecule has 0 aromatic carbocycles. The minimum atomic E-state index is -1.57. The van der Waals surface area contributed by atoms with Gasteiger partial charge in [-0.2, -0.15) is 0 Å². The Labute approximate surface area is 68.6 Å². The first-order chi connectivity index (χ1) is 5.57. The first-order valence-corrected chi connectivity index (χ1v) is 3.56. The molecule has 0 bridgehead atoms. The van der Waals surface area contributed by atoms with Crippen LogP contribution in [0.2, 0.25) is 0 Å². The second-order valence-electron chi connectivity index (χ2n) is 2.72. The summed E-state index contributed by atoms with van der Waals surface area (Å²) in [4.78, 5) is 0.